The second-order valence-corrected chi connectivity index (χ2v) is 5.31. The molecule has 0 aliphatic carbocycles. The zero-order valence-corrected chi connectivity index (χ0v) is 10.4. The minimum atomic E-state index is -0.862. The molecule has 92 valence electrons. The molecule has 1 fully saturated rings. The summed E-state index contributed by atoms with van der Waals surface area (Å²) in [4.78, 5) is 13.1. The van der Waals surface area contributed by atoms with Gasteiger partial charge in [-0.3, -0.25) is 4.90 Å². The topological polar surface area (TPSA) is 40.5 Å². The quantitative estimate of drug-likeness (QED) is 0.869. The van der Waals surface area contributed by atoms with Gasteiger partial charge in [0.15, 0.2) is 0 Å². The number of carboxylic acids is 1. The maximum Gasteiger partial charge on any atom is 0.335 e. The highest BCUT2D eigenvalue weighted by Crippen LogP contribution is 2.33. The van der Waals surface area contributed by atoms with Gasteiger partial charge in [0.05, 0.1) is 5.56 Å². The molecule has 0 unspecified atom stereocenters. The van der Waals surface area contributed by atoms with Crippen LogP contribution >= 0.6 is 0 Å². The van der Waals surface area contributed by atoms with Crippen LogP contribution in [0, 0.1) is 5.41 Å². The fourth-order valence-electron chi connectivity index (χ4n) is 2.38. The number of hydrogen-bond acceptors (Lipinski definition) is 2. The summed E-state index contributed by atoms with van der Waals surface area (Å²) in [6.45, 7) is 7.76. The minimum Gasteiger partial charge on any atom is -0.478 e. The monoisotopic (exact) mass is 233 g/mol. The summed E-state index contributed by atoms with van der Waals surface area (Å²) in [5.74, 6) is -0.862. The molecule has 0 atom stereocenters. The van der Waals surface area contributed by atoms with Crippen LogP contribution in [0.25, 0.3) is 0 Å². The number of rotatable bonds is 4. The first kappa shape index (κ1) is 12.1. The van der Waals surface area contributed by atoms with Gasteiger partial charge in [0.25, 0.3) is 0 Å². The van der Waals surface area contributed by atoms with Crippen LogP contribution in [-0.4, -0.2) is 29.1 Å². The van der Waals surface area contributed by atoms with Gasteiger partial charge in [-0.1, -0.05) is 26.0 Å². The van der Waals surface area contributed by atoms with Crippen LogP contribution in [0.1, 0.15) is 36.2 Å². The molecular formula is C14H19NO2. The van der Waals surface area contributed by atoms with Crippen molar-refractivity contribution in [2.24, 2.45) is 5.41 Å². The second kappa shape index (κ2) is 4.49. The van der Waals surface area contributed by atoms with Gasteiger partial charge in [0, 0.05) is 19.6 Å². The van der Waals surface area contributed by atoms with Gasteiger partial charge in [0.1, 0.15) is 0 Å². The Morgan fingerprint density at radius 2 is 1.94 bits per heavy atom. The fraction of sp³-hybridized carbons (Fsp3) is 0.500. The molecule has 1 aliphatic heterocycles. The maximum absolute atomic E-state index is 10.7. The van der Waals surface area contributed by atoms with Crippen molar-refractivity contribution in [1.29, 1.82) is 0 Å². The summed E-state index contributed by atoms with van der Waals surface area (Å²) in [7, 11) is 0. The lowest BCUT2D eigenvalue weighted by Crippen LogP contribution is -2.53. The van der Waals surface area contributed by atoms with Crippen molar-refractivity contribution in [1.82, 2.24) is 4.90 Å². The van der Waals surface area contributed by atoms with Crippen molar-refractivity contribution in [2.45, 2.75) is 26.8 Å². The number of hydrogen-bond donors (Lipinski definition) is 1. The normalized spacial score (nSPS) is 18.7. The molecule has 1 saturated heterocycles. The average Bonchev–Trinajstić information content (AvgIpc) is 2.27. The summed E-state index contributed by atoms with van der Waals surface area (Å²) in [6.07, 6.45) is 1.22. The highest BCUT2D eigenvalue weighted by atomic mass is 16.4. The number of aromatic carboxylic acids is 1. The molecule has 3 heteroatoms. The van der Waals surface area contributed by atoms with Crippen molar-refractivity contribution in [3.05, 3.63) is 35.4 Å². The van der Waals surface area contributed by atoms with Gasteiger partial charge in [0.2, 0.25) is 0 Å². The Labute approximate surface area is 102 Å². The van der Waals surface area contributed by atoms with Crippen molar-refractivity contribution in [3.63, 3.8) is 0 Å². The highest BCUT2D eigenvalue weighted by Gasteiger charge is 2.36. The lowest BCUT2D eigenvalue weighted by atomic mass is 9.79. The predicted octanol–water partition coefficient (Wildman–Crippen LogP) is 2.62. The van der Waals surface area contributed by atoms with E-state index in [0.717, 1.165) is 19.6 Å². The Balaban J connectivity index is 1.91. The van der Waals surface area contributed by atoms with Crippen molar-refractivity contribution >= 4 is 5.97 Å². The van der Waals surface area contributed by atoms with Gasteiger partial charge in [-0.2, -0.15) is 0 Å². The number of benzene rings is 1. The van der Waals surface area contributed by atoms with E-state index in [1.54, 1.807) is 12.1 Å². The van der Waals surface area contributed by atoms with Crippen LogP contribution in [0.5, 0.6) is 0 Å². The van der Waals surface area contributed by atoms with Gasteiger partial charge in [-0.25, -0.2) is 4.79 Å². The Kier molecular flexibility index (Phi) is 3.20. The largest absolute Gasteiger partial charge is 0.478 e. The van der Waals surface area contributed by atoms with Crippen molar-refractivity contribution in [2.75, 3.05) is 13.1 Å². The molecule has 2 rings (SSSR count). The summed E-state index contributed by atoms with van der Waals surface area (Å²) in [6, 6.07) is 7.17. The first-order valence-electron chi connectivity index (χ1n) is 6.07. The highest BCUT2D eigenvalue weighted by molar-refractivity contribution is 5.87. The van der Waals surface area contributed by atoms with Crippen LogP contribution in [-0.2, 0) is 6.54 Å². The van der Waals surface area contributed by atoms with Crippen LogP contribution in [0.15, 0.2) is 24.3 Å². The van der Waals surface area contributed by atoms with E-state index < -0.39 is 5.97 Å². The average molecular weight is 233 g/mol. The molecule has 17 heavy (non-hydrogen) atoms. The molecule has 1 aromatic rings. The molecule has 1 aliphatic rings. The molecule has 1 heterocycles. The standard InChI is InChI=1S/C14H19NO2/c1-3-14(2)9-15(10-14)8-11-4-6-12(7-5-11)13(16)17/h4-7H,3,8-10H2,1-2H3,(H,16,17). The van der Waals surface area contributed by atoms with Crippen LogP contribution in [0.3, 0.4) is 0 Å². The smallest absolute Gasteiger partial charge is 0.335 e. The zero-order chi connectivity index (χ0) is 12.5. The van der Waals surface area contributed by atoms with Crippen LogP contribution < -0.4 is 0 Å². The lowest BCUT2D eigenvalue weighted by molar-refractivity contribution is 0.00621. The number of nitrogens with zero attached hydrogens (tertiary/aromatic N) is 1. The summed E-state index contributed by atoms with van der Waals surface area (Å²) < 4.78 is 0. The van der Waals surface area contributed by atoms with Gasteiger partial charge < -0.3 is 5.11 Å². The zero-order valence-electron chi connectivity index (χ0n) is 10.4. The second-order valence-electron chi connectivity index (χ2n) is 5.31. The molecule has 0 aromatic heterocycles. The third kappa shape index (κ3) is 2.67. The van der Waals surface area contributed by atoms with E-state index in [4.69, 9.17) is 5.11 Å². The molecule has 0 saturated carbocycles. The van der Waals surface area contributed by atoms with E-state index in [1.807, 2.05) is 12.1 Å². The van der Waals surface area contributed by atoms with Gasteiger partial charge >= 0.3 is 5.97 Å². The van der Waals surface area contributed by atoms with E-state index in [9.17, 15) is 4.79 Å². The Bertz CT molecular complexity index is 405. The maximum atomic E-state index is 10.7. The van der Waals surface area contributed by atoms with Gasteiger partial charge in [-0.15, -0.1) is 0 Å². The Morgan fingerprint density at radius 1 is 1.35 bits per heavy atom. The Morgan fingerprint density at radius 3 is 2.41 bits per heavy atom. The van der Waals surface area contributed by atoms with E-state index >= 15 is 0 Å². The van der Waals surface area contributed by atoms with E-state index in [1.165, 1.54) is 12.0 Å². The van der Waals surface area contributed by atoms with E-state index in [0.29, 0.717) is 11.0 Å². The van der Waals surface area contributed by atoms with Gasteiger partial charge in [-0.05, 0) is 29.5 Å². The number of carboxylic acid groups (broad SMARTS) is 1. The van der Waals surface area contributed by atoms with Crippen LogP contribution in [0.2, 0.25) is 0 Å². The Hall–Kier alpha value is -1.35. The molecule has 0 amide bonds. The van der Waals surface area contributed by atoms with Crippen molar-refractivity contribution in [3.8, 4) is 0 Å². The molecule has 1 aromatic carbocycles. The van der Waals surface area contributed by atoms with Crippen molar-refractivity contribution < 1.29 is 9.90 Å². The summed E-state index contributed by atoms with van der Waals surface area (Å²) >= 11 is 0. The molecule has 1 N–H and O–H groups in total. The predicted molar refractivity (Wildman–Crippen MR) is 67.1 cm³/mol. The third-order valence-electron chi connectivity index (χ3n) is 3.67. The third-order valence-corrected chi connectivity index (χ3v) is 3.67. The molecule has 3 nitrogen and oxygen atoms in total. The van der Waals surface area contributed by atoms with E-state index in [2.05, 4.69) is 18.7 Å². The lowest BCUT2D eigenvalue weighted by Gasteiger charge is -2.48. The number of likely N-dealkylation sites (tertiary alicyclic amines) is 1. The molecule has 0 bridgehead atoms. The first-order valence-corrected chi connectivity index (χ1v) is 6.07. The molecule has 0 radical (unpaired) electrons. The van der Waals surface area contributed by atoms with Crippen LogP contribution in [0.4, 0.5) is 0 Å². The fourth-order valence-corrected chi connectivity index (χ4v) is 2.38. The first-order chi connectivity index (χ1) is 8.02. The SMILES string of the molecule is CCC1(C)CN(Cc2ccc(C(=O)O)cc2)C1. The summed E-state index contributed by atoms with van der Waals surface area (Å²) in [5.41, 5.74) is 2.03. The summed E-state index contributed by atoms with van der Waals surface area (Å²) in [5, 5.41) is 8.81. The molecular weight excluding hydrogens is 214 g/mol. The number of carbonyl (C=O) groups is 1. The molecule has 0 spiro atoms. The minimum absolute atomic E-state index is 0.357. The van der Waals surface area contributed by atoms with E-state index in [-0.39, 0.29) is 0 Å².